The molecule has 8 heteroatoms. The van der Waals surface area contributed by atoms with Crippen LogP contribution < -0.4 is 9.46 Å². The van der Waals surface area contributed by atoms with Gasteiger partial charge in [-0.15, -0.1) is 0 Å². The van der Waals surface area contributed by atoms with Crippen LogP contribution in [0.1, 0.15) is 24.0 Å². The third-order valence-electron chi connectivity index (χ3n) is 5.80. The average molecular weight is 451 g/mol. The maximum absolute atomic E-state index is 11.4. The molecule has 0 spiro atoms. The SMILES string of the molecule is CS(=O)(=O)Nc1ccc2c(c1)CC(CN1CCC(O)(Cc3ccc(Cl)cc3)CC1)O2. The Kier molecular flexibility index (Phi) is 5.99. The van der Waals surface area contributed by atoms with Crippen molar-refractivity contribution in [3.63, 3.8) is 0 Å². The summed E-state index contributed by atoms with van der Waals surface area (Å²) in [6, 6.07) is 13.1. The molecule has 1 unspecified atom stereocenters. The van der Waals surface area contributed by atoms with Gasteiger partial charge in [0.1, 0.15) is 11.9 Å². The summed E-state index contributed by atoms with van der Waals surface area (Å²) in [4.78, 5) is 2.34. The van der Waals surface area contributed by atoms with Gasteiger partial charge in [0.15, 0.2) is 0 Å². The molecule has 2 aliphatic rings. The molecular formula is C22H27ClN2O4S. The maximum atomic E-state index is 11.4. The van der Waals surface area contributed by atoms with E-state index < -0.39 is 15.6 Å². The van der Waals surface area contributed by atoms with Crippen molar-refractivity contribution < 1.29 is 18.3 Å². The van der Waals surface area contributed by atoms with E-state index in [2.05, 4.69) is 9.62 Å². The fourth-order valence-corrected chi connectivity index (χ4v) is 4.98. The second-order valence-electron chi connectivity index (χ2n) is 8.47. The van der Waals surface area contributed by atoms with Gasteiger partial charge in [-0.05, 0) is 54.3 Å². The summed E-state index contributed by atoms with van der Waals surface area (Å²) >= 11 is 5.95. The van der Waals surface area contributed by atoms with Crippen molar-refractivity contribution in [2.45, 2.75) is 37.4 Å². The van der Waals surface area contributed by atoms with Gasteiger partial charge in [0.2, 0.25) is 10.0 Å². The predicted octanol–water partition coefficient (Wildman–Crippen LogP) is 3.08. The third-order valence-corrected chi connectivity index (χ3v) is 6.66. The number of likely N-dealkylation sites (tertiary alicyclic amines) is 1. The van der Waals surface area contributed by atoms with Gasteiger partial charge in [-0.2, -0.15) is 0 Å². The Bertz CT molecular complexity index is 1000. The molecule has 2 aromatic rings. The van der Waals surface area contributed by atoms with Crippen molar-refractivity contribution in [3.05, 3.63) is 58.6 Å². The normalized spacial score (nSPS) is 21.1. The van der Waals surface area contributed by atoms with E-state index in [0.717, 1.165) is 62.0 Å². The molecule has 30 heavy (non-hydrogen) atoms. The van der Waals surface area contributed by atoms with Gasteiger partial charge in [-0.25, -0.2) is 8.42 Å². The van der Waals surface area contributed by atoms with Crippen molar-refractivity contribution >= 4 is 27.3 Å². The molecule has 0 amide bonds. The molecule has 0 saturated carbocycles. The topological polar surface area (TPSA) is 78.9 Å². The number of fused-ring (bicyclic) bond motifs is 1. The van der Waals surface area contributed by atoms with Crippen LogP contribution in [0.2, 0.25) is 5.02 Å². The summed E-state index contributed by atoms with van der Waals surface area (Å²) in [6.07, 6.45) is 4.01. The quantitative estimate of drug-likeness (QED) is 0.707. The van der Waals surface area contributed by atoms with Crippen LogP contribution >= 0.6 is 11.6 Å². The summed E-state index contributed by atoms with van der Waals surface area (Å²) < 4.78 is 31.4. The maximum Gasteiger partial charge on any atom is 0.229 e. The molecule has 1 saturated heterocycles. The minimum atomic E-state index is -3.30. The Hall–Kier alpha value is -1.80. The van der Waals surface area contributed by atoms with Crippen LogP contribution in [0, 0.1) is 0 Å². The number of nitrogens with zero attached hydrogens (tertiary/aromatic N) is 1. The van der Waals surface area contributed by atoms with Crippen LogP contribution in [0.5, 0.6) is 5.75 Å². The minimum Gasteiger partial charge on any atom is -0.488 e. The van der Waals surface area contributed by atoms with Gasteiger partial charge in [0.25, 0.3) is 0 Å². The molecule has 2 heterocycles. The molecule has 0 radical (unpaired) electrons. The molecule has 1 atom stereocenters. The van der Waals surface area contributed by atoms with E-state index in [-0.39, 0.29) is 6.10 Å². The lowest BCUT2D eigenvalue weighted by molar-refractivity contribution is -0.0264. The zero-order chi connectivity index (χ0) is 21.4. The molecule has 162 valence electrons. The smallest absolute Gasteiger partial charge is 0.229 e. The number of halogens is 1. The number of ether oxygens (including phenoxy) is 1. The van der Waals surface area contributed by atoms with E-state index in [9.17, 15) is 13.5 Å². The van der Waals surface area contributed by atoms with Crippen LogP contribution in [0.3, 0.4) is 0 Å². The third kappa shape index (κ3) is 5.46. The Morgan fingerprint density at radius 3 is 2.57 bits per heavy atom. The van der Waals surface area contributed by atoms with Gasteiger partial charge in [-0.1, -0.05) is 23.7 Å². The lowest BCUT2D eigenvalue weighted by Gasteiger charge is -2.39. The Morgan fingerprint density at radius 2 is 1.90 bits per heavy atom. The van der Waals surface area contributed by atoms with Crippen molar-refractivity contribution in [1.82, 2.24) is 4.90 Å². The fraction of sp³-hybridized carbons (Fsp3) is 0.455. The molecule has 1 fully saturated rings. The van der Waals surface area contributed by atoms with Crippen molar-refractivity contribution in [1.29, 1.82) is 0 Å². The summed E-state index contributed by atoms with van der Waals surface area (Å²) in [5, 5.41) is 11.7. The highest BCUT2D eigenvalue weighted by molar-refractivity contribution is 7.92. The number of anilines is 1. The summed E-state index contributed by atoms with van der Waals surface area (Å²) in [5.41, 5.74) is 2.00. The van der Waals surface area contributed by atoms with Gasteiger partial charge in [0, 0.05) is 43.2 Å². The van der Waals surface area contributed by atoms with E-state index in [1.165, 1.54) is 0 Å². The molecule has 2 aromatic carbocycles. The first-order valence-electron chi connectivity index (χ1n) is 10.1. The molecule has 4 rings (SSSR count). The lowest BCUT2D eigenvalue weighted by Crippen LogP contribution is -2.48. The lowest BCUT2D eigenvalue weighted by atomic mass is 9.85. The van der Waals surface area contributed by atoms with Crippen LogP contribution in [-0.2, 0) is 22.9 Å². The number of rotatable bonds is 6. The first kappa shape index (κ1) is 21.4. The van der Waals surface area contributed by atoms with Gasteiger partial charge >= 0.3 is 0 Å². The highest BCUT2D eigenvalue weighted by Crippen LogP contribution is 2.33. The first-order valence-corrected chi connectivity index (χ1v) is 12.4. The van der Waals surface area contributed by atoms with E-state index in [4.69, 9.17) is 16.3 Å². The first-order chi connectivity index (χ1) is 14.2. The second kappa shape index (κ2) is 8.38. The van der Waals surface area contributed by atoms with Crippen molar-refractivity contribution in [3.8, 4) is 5.75 Å². The molecule has 0 bridgehead atoms. The standard InChI is InChI=1S/C22H27ClN2O4S/c1-30(27,28)24-19-6-7-21-17(12-19)13-20(29-21)15-25-10-8-22(26,9-11-25)14-16-2-4-18(23)5-3-16/h2-7,12,20,24,26H,8-11,13-15H2,1H3. The summed E-state index contributed by atoms with van der Waals surface area (Å²) in [6.45, 7) is 2.43. The number of nitrogens with one attached hydrogen (secondary N) is 1. The van der Waals surface area contributed by atoms with Crippen LogP contribution in [0.15, 0.2) is 42.5 Å². The van der Waals surface area contributed by atoms with Gasteiger partial charge in [-0.3, -0.25) is 9.62 Å². The monoisotopic (exact) mass is 450 g/mol. The highest BCUT2D eigenvalue weighted by atomic mass is 35.5. The van der Waals surface area contributed by atoms with Crippen LogP contribution in [0.4, 0.5) is 5.69 Å². The number of hydrogen-bond donors (Lipinski definition) is 2. The molecule has 6 nitrogen and oxygen atoms in total. The fourth-order valence-electron chi connectivity index (χ4n) is 4.30. The Labute approximate surface area is 182 Å². The van der Waals surface area contributed by atoms with E-state index >= 15 is 0 Å². The molecular weight excluding hydrogens is 424 g/mol. The zero-order valence-electron chi connectivity index (χ0n) is 17.0. The van der Waals surface area contributed by atoms with Crippen LogP contribution in [-0.4, -0.2) is 56.0 Å². The van der Waals surface area contributed by atoms with E-state index in [0.29, 0.717) is 17.1 Å². The molecule has 0 aromatic heterocycles. The highest BCUT2D eigenvalue weighted by Gasteiger charge is 2.34. The van der Waals surface area contributed by atoms with Crippen molar-refractivity contribution in [2.24, 2.45) is 0 Å². The number of aliphatic hydroxyl groups is 1. The Balaban J connectivity index is 1.29. The largest absolute Gasteiger partial charge is 0.488 e. The second-order valence-corrected chi connectivity index (χ2v) is 10.7. The van der Waals surface area contributed by atoms with Crippen LogP contribution in [0.25, 0.3) is 0 Å². The van der Waals surface area contributed by atoms with E-state index in [1.807, 2.05) is 36.4 Å². The summed E-state index contributed by atoms with van der Waals surface area (Å²) in [7, 11) is -3.30. The molecule has 0 aliphatic carbocycles. The number of piperidine rings is 1. The van der Waals surface area contributed by atoms with E-state index in [1.54, 1.807) is 6.07 Å². The number of sulfonamides is 1. The zero-order valence-corrected chi connectivity index (χ0v) is 18.5. The molecule has 2 N–H and O–H groups in total. The summed E-state index contributed by atoms with van der Waals surface area (Å²) in [5.74, 6) is 0.815. The average Bonchev–Trinajstić information content (AvgIpc) is 3.06. The Morgan fingerprint density at radius 1 is 1.20 bits per heavy atom. The number of benzene rings is 2. The van der Waals surface area contributed by atoms with Gasteiger partial charge < -0.3 is 9.84 Å². The predicted molar refractivity (Wildman–Crippen MR) is 119 cm³/mol. The van der Waals surface area contributed by atoms with Gasteiger partial charge in [0.05, 0.1) is 11.9 Å². The minimum absolute atomic E-state index is 0.0379. The number of hydrogen-bond acceptors (Lipinski definition) is 5. The molecule has 2 aliphatic heterocycles. The van der Waals surface area contributed by atoms with Crippen molar-refractivity contribution in [2.75, 3.05) is 30.6 Å².